The van der Waals surface area contributed by atoms with Gasteiger partial charge in [-0.05, 0) is 51.8 Å². The highest BCUT2D eigenvalue weighted by Gasteiger charge is 2.28. The number of sulfonamides is 1. The van der Waals surface area contributed by atoms with Gasteiger partial charge in [0.2, 0.25) is 15.9 Å². The number of hydrogen-bond donors (Lipinski definition) is 2. The van der Waals surface area contributed by atoms with Crippen molar-refractivity contribution in [2.24, 2.45) is 0 Å². The average molecular weight is 544 g/mol. The summed E-state index contributed by atoms with van der Waals surface area (Å²) in [6.45, 7) is 5.89. The lowest BCUT2D eigenvalue weighted by atomic mass is 10.2. The first-order valence-corrected chi connectivity index (χ1v) is 13.6. The number of para-hydroxylation sites is 1. The van der Waals surface area contributed by atoms with E-state index in [1.54, 1.807) is 45.0 Å². The van der Waals surface area contributed by atoms with E-state index in [1.165, 1.54) is 10.7 Å². The van der Waals surface area contributed by atoms with Crippen LogP contribution in [-0.4, -0.2) is 54.3 Å². The Hall–Kier alpha value is -3.81. The summed E-state index contributed by atoms with van der Waals surface area (Å²) < 4.78 is 41.6. The van der Waals surface area contributed by atoms with Gasteiger partial charge in [0, 0.05) is 36.9 Å². The summed E-state index contributed by atoms with van der Waals surface area (Å²) in [4.78, 5) is 23.3. The van der Waals surface area contributed by atoms with Crippen LogP contribution in [-0.2, 0) is 14.8 Å². The third-order valence-corrected chi connectivity index (χ3v) is 7.50. The summed E-state index contributed by atoms with van der Waals surface area (Å²) in [5, 5.41) is 18.7. The van der Waals surface area contributed by atoms with E-state index >= 15 is 0 Å². The highest BCUT2D eigenvalue weighted by molar-refractivity contribution is 7.89. The Morgan fingerprint density at radius 3 is 2.63 bits per heavy atom. The van der Waals surface area contributed by atoms with Gasteiger partial charge >= 0.3 is 0 Å². The van der Waals surface area contributed by atoms with E-state index < -0.39 is 37.5 Å². The van der Waals surface area contributed by atoms with Gasteiger partial charge in [0.05, 0.1) is 16.7 Å². The Morgan fingerprint density at radius 1 is 1.26 bits per heavy atom. The Bertz CT molecular complexity index is 1430. The summed E-state index contributed by atoms with van der Waals surface area (Å²) in [6.07, 6.45) is 1.73. The van der Waals surface area contributed by atoms with Crippen molar-refractivity contribution in [2.45, 2.75) is 50.7 Å². The smallest absolute Gasteiger partial charge is 0.272 e. The average Bonchev–Trinajstić information content (AvgIpc) is 3.51. The molecule has 0 spiro atoms. The molecule has 1 aliphatic rings. The lowest BCUT2D eigenvalue weighted by Gasteiger charge is -2.15. The van der Waals surface area contributed by atoms with Crippen LogP contribution in [0.2, 0.25) is 0 Å². The molecule has 0 bridgehead atoms. The molecule has 4 rings (SSSR count). The Labute approximate surface area is 220 Å². The minimum Gasteiger partial charge on any atom is -0.437 e. The number of non-ortho nitro benzene ring substituents is 1. The summed E-state index contributed by atoms with van der Waals surface area (Å²) in [5.74, 6) is -0.501. The number of nitrogens with one attached hydrogen (secondary N) is 2. The molecule has 1 saturated heterocycles. The van der Waals surface area contributed by atoms with Gasteiger partial charge in [-0.25, -0.2) is 13.1 Å². The van der Waals surface area contributed by atoms with E-state index in [2.05, 4.69) is 15.1 Å². The molecule has 1 aliphatic heterocycles. The zero-order chi connectivity index (χ0) is 27.4. The van der Waals surface area contributed by atoms with Gasteiger partial charge in [0.15, 0.2) is 5.69 Å². The number of benzene rings is 2. The summed E-state index contributed by atoms with van der Waals surface area (Å²) >= 11 is 0. The standard InChI is InChI=1S/C25H29N5O7S/c1-16(2)28-38(34,35)22-14-19(30(32)33)11-12-21(22)37-25-17(3)23(24(31)26-15-20-10-7-13-36-20)27-29(25)18-8-5-4-6-9-18/h4-6,8-9,11-12,14,16,20,28H,7,10,13,15H2,1-3H3,(H,26,31)/t20-/m1/s1. The van der Waals surface area contributed by atoms with Crippen molar-refractivity contribution in [3.8, 4) is 17.3 Å². The molecule has 1 fully saturated rings. The molecule has 202 valence electrons. The fraction of sp³-hybridized carbons (Fsp3) is 0.360. The van der Waals surface area contributed by atoms with Gasteiger partial charge in [-0.3, -0.25) is 14.9 Å². The minimum atomic E-state index is -4.19. The predicted molar refractivity (Wildman–Crippen MR) is 138 cm³/mol. The molecule has 1 atom stereocenters. The number of nitrogens with zero attached hydrogens (tertiary/aromatic N) is 3. The molecule has 1 aromatic heterocycles. The monoisotopic (exact) mass is 543 g/mol. The first-order valence-electron chi connectivity index (χ1n) is 12.1. The zero-order valence-corrected chi connectivity index (χ0v) is 22.0. The van der Waals surface area contributed by atoms with Crippen LogP contribution >= 0.6 is 0 Å². The van der Waals surface area contributed by atoms with Crippen molar-refractivity contribution in [1.29, 1.82) is 0 Å². The van der Waals surface area contributed by atoms with Crippen LogP contribution in [0, 0.1) is 17.0 Å². The lowest BCUT2D eigenvalue weighted by Crippen LogP contribution is -2.32. The van der Waals surface area contributed by atoms with E-state index in [-0.39, 0.29) is 23.4 Å². The number of carbonyl (C=O) groups is 1. The molecule has 1 amide bonds. The van der Waals surface area contributed by atoms with Crippen LogP contribution in [0.5, 0.6) is 11.6 Å². The molecule has 0 aliphatic carbocycles. The molecular formula is C25H29N5O7S. The van der Waals surface area contributed by atoms with E-state index in [0.29, 0.717) is 24.4 Å². The van der Waals surface area contributed by atoms with Crippen molar-refractivity contribution in [2.75, 3.05) is 13.2 Å². The first-order chi connectivity index (χ1) is 18.1. The predicted octanol–water partition coefficient (Wildman–Crippen LogP) is 3.48. The van der Waals surface area contributed by atoms with Gasteiger partial charge in [-0.2, -0.15) is 9.78 Å². The van der Waals surface area contributed by atoms with Crippen molar-refractivity contribution in [3.63, 3.8) is 0 Å². The fourth-order valence-corrected chi connectivity index (χ4v) is 5.44. The van der Waals surface area contributed by atoms with Gasteiger partial charge in [0.1, 0.15) is 10.6 Å². The van der Waals surface area contributed by atoms with Crippen LogP contribution in [0.15, 0.2) is 53.4 Å². The summed E-state index contributed by atoms with van der Waals surface area (Å²) in [5.41, 5.74) is 0.602. The van der Waals surface area contributed by atoms with E-state index in [4.69, 9.17) is 9.47 Å². The lowest BCUT2D eigenvalue weighted by molar-refractivity contribution is -0.385. The van der Waals surface area contributed by atoms with Gasteiger partial charge in [-0.1, -0.05) is 18.2 Å². The van der Waals surface area contributed by atoms with Crippen molar-refractivity contribution >= 4 is 21.6 Å². The SMILES string of the molecule is Cc1c(C(=O)NC[C@H]2CCCO2)nn(-c2ccccc2)c1Oc1ccc([N+](=O)[O-])cc1S(=O)(=O)NC(C)C. The molecule has 2 heterocycles. The van der Waals surface area contributed by atoms with Crippen LogP contribution in [0.4, 0.5) is 5.69 Å². The number of aromatic nitrogens is 2. The minimum absolute atomic E-state index is 0.0625. The van der Waals surface area contributed by atoms with Crippen molar-refractivity contribution in [3.05, 3.63) is 69.9 Å². The second kappa shape index (κ2) is 11.3. The molecule has 0 saturated carbocycles. The number of rotatable bonds is 10. The molecule has 13 heteroatoms. The molecular weight excluding hydrogens is 514 g/mol. The van der Waals surface area contributed by atoms with E-state index in [0.717, 1.165) is 25.0 Å². The van der Waals surface area contributed by atoms with Crippen molar-refractivity contribution < 1.29 is 27.6 Å². The maximum atomic E-state index is 13.1. The van der Waals surface area contributed by atoms with E-state index in [9.17, 15) is 23.3 Å². The molecule has 3 aromatic rings. The number of ether oxygens (including phenoxy) is 2. The third kappa shape index (κ3) is 6.01. The topological polar surface area (TPSA) is 155 Å². The fourth-order valence-electron chi connectivity index (χ4n) is 4.04. The largest absolute Gasteiger partial charge is 0.437 e. The Morgan fingerprint density at radius 2 is 2.00 bits per heavy atom. The molecule has 0 unspecified atom stereocenters. The number of carbonyl (C=O) groups excluding carboxylic acids is 1. The Balaban J connectivity index is 1.77. The maximum Gasteiger partial charge on any atom is 0.272 e. The number of hydrogen-bond acceptors (Lipinski definition) is 8. The Kier molecular flexibility index (Phi) is 8.09. The number of amides is 1. The van der Waals surface area contributed by atoms with Gasteiger partial charge in [0.25, 0.3) is 11.6 Å². The van der Waals surface area contributed by atoms with Gasteiger partial charge in [-0.15, -0.1) is 0 Å². The highest BCUT2D eigenvalue weighted by atomic mass is 32.2. The number of nitro groups is 1. The second-order valence-corrected chi connectivity index (χ2v) is 10.8. The summed E-state index contributed by atoms with van der Waals surface area (Å²) in [7, 11) is -4.19. The third-order valence-electron chi connectivity index (χ3n) is 5.82. The first kappa shape index (κ1) is 27.2. The van der Waals surface area contributed by atoms with E-state index in [1.807, 2.05) is 6.07 Å². The number of nitro benzene ring substituents is 1. The van der Waals surface area contributed by atoms with Crippen LogP contribution in [0.3, 0.4) is 0 Å². The summed E-state index contributed by atoms with van der Waals surface area (Å²) in [6, 6.07) is 11.7. The normalized spacial score (nSPS) is 15.5. The molecule has 38 heavy (non-hydrogen) atoms. The molecule has 2 N–H and O–H groups in total. The van der Waals surface area contributed by atoms with Crippen LogP contribution in [0.25, 0.3) is 5.69 Å². The van der Waals surface area contributed by atoms with Crippen LogP contribution in [0.1, 0.15) is 42.7 Å². The van der Waals surface area contributed by atoms with Gasteiger partial charge < -0.3 is 14.8 Å². The molecule has 12 nitrogen and oxygen atoms in total. The molecule has 2 aromatic carbocycles. The maximum absolute atomic E-state index is 13.1. The van der Waals surface area contributed by atoms with Crippen LogP contribution < -0.4 is 14.8 Å². The quantitative estimate of drug-likeness (QED) is 0.291. The van der Waals surface area contributed by atoms with Crippen molar-refractivity contribution in [1.82, 2.24) is 19.8 Å². The molecule has 0 radical (unpaired) electrons. The highest BCUT2D eigenvalue weighted by Crippen LogP contribution is 2.35. The second-order valence-electron chi connectivity index (χ2n) is 9.14. The zero-order valence-electron chi connectivity index (χ0n) is 21.2.